The summed E-state index contributed by atoms with van der Waals surface area (Å²) in [6.45, 7) is 1.34. The Kier molecular flexibility index (Phi) is 17.5. The summed E-state index contributed by atoms with van der Waals surface area (Å²) in [7, 11) is 0. The molecule has 0 aromatic rings. The van der Waals surface area contributed by atoms with Gasteiger partial charge in [0.25, 0.3) is 0 Å². The third-order valence-electron chi connectivity index (χ3n) is 7.74. The summed E-state index contributed by atoms with van der Waals surface area (Å²) < 4.78 is 22.1. The number of ether oxygens (including phenoxy) is 4. The summed E-state index contributed by atoms with van der Waals surface area (Å²) in [5.74, 6) is 0. The lowest BCUT2D eigenvalue weighted by molar-refractivity contribution is -0.359. The van der Waals surface area contributed by atoms with Gasteiger partial charge in [-0.2, -0.15) is 0 Å². The van der Waals surface area contributed by atoms with Crippen molar-refractivity contribution in [1.82, 2.24) is 0 Å². The van der Waals surface area contributed by atoms with E-state index in [1.807, 2.05) is 0 Å². The van der Waals surface area contributed by atoms with E-state index < -0.39 is 74.6 Å². The molecule has 0 bridgehead atoms. The lowest BCUT2D eigenvalue weighted by atomic mass is 9.97. The highest BCUT2D eigenvalue weighted by molar-refractivity contribution is 4.94. The van der Waals surface area contributed by atoms with Crippen LogP contribution in [-0.4, -0.2) is 117 Å². The van der Waals surface area contributed by atoms with Crippen LogP contribution in [0.4, 0.5) is 0 Å². The molecule has 10 atom stereocenters. The van der Waals surface area contributed by atoms with E-state index in [1.54, 1.807) is 0 Å². The summed E-state index contributed by atoms with van der Waals surface area (Å²) in [4.78, 5) is 0. The molecule has 0 saturated carbocycles. The van der Waals surface area contributed by atoms with E-state index in [0.29, 0.717) is 6.61 Å². The Morgan fingerprint density at radius 2 is 0.974 bits per heavy atom. The molecule has 0 amide bonds. The largest absolute Gasteiger partial charge is 0.394 e. The fraction of sp³-hybridized carbons (Fsp3) is 1.00. The molecule has 2 fully saturated rings. The fourth-order valence-electron chi connectivity index (χ4n) is 5.19. The van der Waals surface area contributed by atoms with Gasteiger partial charge in [0.15, 0.2) is 12.6 Å². The molecule has 0 aliphatic carbocycles. The Hall–Kier alpha value is -0.440. The number of unbranched alkanes of at least 4 members (excludes halogenated alkanes) is 13. The monoisotopic (exact) mass is 566 g/mol. The Labute approximate surface area is 233 Å². The molecule has 0 spiro atoms. The van der Waals surface area contributed by atoms with Crippen LogP contribution in [0.5, 0.6) is 0 Å². The van der Waals surface area contributed by atoms with Crippen molar-refractivity contribution < 1.29 is 54.7 Å². The minimum absolute atomic E-state index is 0.322. The van der Waals surface area contributed by atoms with Crippen molar-refractivity contribution in [2.45, 2.75) is 158 Å². The van der Waals surface area contributed by atoms with Crippen LogP contribution in [0, 0.1) is 0 Å². The first kappa shape index (κ1) is 34.8. The Morgan fingerprint density at radius 3 is 1.49 bits per heavy atom. The zero-order chi connectivity index (χ0) is 28.6. The topological polar surface area (TPSA) is 179 Å². The van der Waals surface area contributed by atoms with Gasteiger partial charge in [0.1, 0.15) is 48.8 Å². The first-order chi connectivity index (χ1) is 18.8. The number of aliphatic hydroxyl groups is 7. The zero-order valence-corrected chi connectivity index (χ0v) is 23.6. The molecule has 0 unspecified atom stereocenters. The highest BCUT2D eigenvalue weighted by Gasteiger charge is 2.50. The van der Waals surface area contributed by atoms with E-state index >= 15 is 0 Å². The maximum Gasteiger partial charge on any atom is 0.187 e. The van der Waals surface area contributed by atoms with Gasteiger partial charge in [-0.15, -0.1) is 0 Å². The first-order valence-corrected chi connectivity index (χ1v) is 15.1. The van der Waals surface area contributed by atoms with E-state index in [2.05, 4.69) is 6.92 Å². The molecule has 0 aromatic carbocycles. The molecule has 7 N–H and O–H groups in total. The van der Waals surface area contributed by atoms with Gasteiger partial charge in [-0.3, -0.25) is 0 Å². The van der Waals surface area contributed by atoms with Gasteiger partial charge in [-0.25, -0.2) is 0 Å². The van der Waals surface area contributed by atoms with Crippen LogP contribution < -0.4 is 0 Å². The van der Waals surface area contributed by atoms with Crippen molar-refractivity contribution in [3.05, 3.63) is 0 Å². The van der Waals surface area contributed by atoms with E-state index in [0.717, 1.165) is 19.3 Å². The third-order valence-corrected chi connectivity index (χ3v) is 7.74. The second-order valence-electron chi connectivity index (χ2n) is 11.0. The minimum atomic E-state index is -1.69. The van der Waals surface area contributed by atoms with Gasteiger partial charge in [-0.1, -0.05) is 90.4 Å². The molecule has 2 heterocycles. The van der Waals surface area contributed by atoms with Gasteiger partial charge in [0.2, 0.25) is 0 Å². The fourth-order valence-corrected chi connectivity index (χ4v) is 5.19. The molecule has 0 radical (unpaired) electrons. The molecule has 232 valence electrons. The maximum atomic E-state index is 10.6. The molecule has 2 saturated heterocycles. The van der Waals surface area contributed by atoms with E-state index in [4.69, 9.17) is 18.9 Å². The number of aliphatic hydroxyl groups excluding tert-OH is 7. The molecule has 11 heteroatoms. The Bertz CT molecular complexity index is 608. The molecule has 11 nitrogen and oxygen atoms in total. The van der Waals surface area contributed by atoms with Crippen LogP contribution in [0.1, 0.15) is 96.8 Å². The van der Waals surface area contributed by atoms with Crippen LogP contribution in [0.3, 0.4) is 0 Å². The highest BCUT2D eigenvalue weighted by atomic mass is 16.7. The molecule has 2 aliphatic heterocycles. The second kappa shape index (κ2) is 19.6. The Balaban J connectivity index is 1.62. The van der Waals surface area contributed by atoms with Gasteiger partial charge in [0, 0.05) is 6.61 Å². The quantitative estimate of drug-likeness (QED) is 0.105. The number of hydrogen-bond acceptors (Lipinski definition) is 11. The Morgan fingerprint density at radius 1 is 0.513 bits per heavy atom. The van der Waals surface area contributed by atoms with Gasteiger partial charge < -0.3 is 54.7 Å². The third kappa shape index (κ3) is 11.4. The highest BCUT2D eigenvalue weighted by Crippen LogP contribution is 2.29. The van der Waals surface area contributed by atoms with Crippen molar-refractivity contribution in [2.24, 2.45) is 0 Å². The average Bonchev–Trinajstić information content (AvgIpc) is 2.94. The first-order valence-electron chi connectivity index (χ1n) is 15.1. The minimum Gasteiger partial charge on any atom is -0.394 e. The number of rotatable bonds is 20. The van der Waals surface area contributed by atoms with Crippen LogP contribution in [-0.2, 0) is 18.9 Å². The molecular formula is C28H54O11. The summed E-state index contributed by atoms with van der Waals surface area (Å²) in [5.41, 5.74) is 0. The van der Waals surface area contributed by atoms with Crippen LogP contribution in [0.15, 0.2) is 0 Å². The van der Waals surface area contributed by atoms with Crippen LogP contribution in [0.25, 0.3) is 0 Å². The molecule has 2 rings (SSSR count). The predicted molar refractivity (Wildman–Crippen MR) is 143 cm³/mol. The average molecular weight is 567 g/mol. The molecule has 0 aromatic heterocycles. The SMILES string of the molecule is CCCCCCCCCCCCCCCCO[C@H]1O[C@@H](CO)[C@H](O[C@@H]2O[C@H](CO)[C@@H](O)[C@H](O)[C@@H]2O)[C@@H](O)[C@@H]1O. The van der Waals surface area contributed by atoms with Crippen molar-refractivity contribution in [3.8, 4) is 0 Å². The molecule has 2 aliphatic rings. The van der Waals surface area contributed by atoms with Crippen molar-refractivity contribution in [2.75, 3.05) is 19.8 Å². The van der Waals surface area contributed by atoms with E-state index in [-0.39, 0.29) is 0 Å². The number of hydrogen-bond donors (Lipinski definition) is 7. The maximum absolute atomic E-state index is 10.6. The summed E-state index contributed by atoms with van der Waals surface area (Å²) in [6, 6.07) is 0. The van der Waals surface area contributed by atoms with E-state index in [9.17, 15) is 35.7 Å². The van der Waals surface area contributed by atoms with E-state index in [1.165, 1.54) is 70.6 Å². The summed E-state index contributed by atoms with van der Waals surface area (Å²) in [6.07, 6.45) is 2.97. The van der Waals surface area contributed by atoms with Crippen LogP contribution >= 0.6 is 0 Å². The normalized spacial score (nSPS) is 35.4. The summed E-state index contributed by atoms with van der Waals surface area (Å²) in [5, 5.41) is 70.4. The van der Waals surface area contributed by atoms with Gasteiger partial charge in [-0.05, 0) is 6.42 Å². The summed E-state index contributed by atoms with van der Waals surface area (Å²) >= 11 is 0. The van der Waals surface area contributed by atoms with Crippen molar-refractivity contribution in [1.29, 1.82) is 0 Å². The zero-order valence-electron chi connectivity index (χ0n) is 23.6. The van der Waals surface area contributed by atoms with Crippen LogP contribution in [0.2, 0.25) is 0 Å². The smallest absolute Gasteiger partial charge is 0.187 e. The molecular weight excluding hydrogens is 512 g/mol. The van der Waals surface area contributed by atoms with Crippen molar-refractivity contribution in [3.63, 3.8) is 0 Å². The van der Waals surface area contributed by atoms with Gasteiger partial charge >= 0.3 is 0 Å². The standard InChI is InChI=1S/C28H54O11/c1-2-3-4-5-6-7-8-9-10-11-12-13-14-15-16-36-27-25(35)23(33)26(20(18-30)38-27)39-28-24(34)22(32)21(31)19(17-29)37-28/h19-35H,2-18H2,1H3/t19-,20+,21-,22+,23+,24+,25+,26+,27+,28+/m1/s1. The van der Waals surface area contributed by atoms with Gasteiger partial charge in [0.05, 0.1) is 13.2 Å². The second-order valence-corrected chi connectivity index (χ2v) is 11.0. The lowest BCUT2D eigenvalue weighted by Gasteiger charge is -2.45. The predicted octanol–water partition coefficient (Wildman–Crippen LogP) is 1.11. The van der Waals surface area contributed by atoms with Crippen molar-refractivity contribution >= 4 is 0 Å². The molecule has 39 heavy (non-hydrogen) atoms. The lowest BCUT2D eigenvalue weighted by Crippen LogP contribution is -2.64.